The molecule has 0 radical (unpaired) electrons. The molecule has 2 aliphatic rings. The van der Waals surface area contributed by atoms with Gasteiger partial charge in [-0.25, -0.2) is 8.42 Å². The summed E-state index contributed by atoms with van der Waals surface area (Å²) in [4.78, 5) is 25.3. The van der Waals surface area contributed by atoms with Gasteiger partial charge in [-0.3, -0.25) is 14.9 Å². The minimum Gasteiger partial charge on any atom is -0.308 e. The molecule has 168 valence electrons. The average Bonchev–Trinajstić information content (AvgIpc) is 3.26. The van der Waals surface area contributed by atoms with E-state index >= 15 is 0 Å². The standard InChI is InChI=1S/C24H21N3O5S/c28-24(26-14-12-19-15-21(27(29)30)7-10-23(19)26)18-5-8-22(9-6-18)33(31,32)25-13-11-17-3-1-2-4-20(17)16-25/h1-10,15H,11-14,16H2. The van der Waals surface area contributed by atoms with E-state index in [0.29, 0.717) is 43.7 Å². The number of hydrogen-bond donors (Lipinski definition) is 0. The first kappa shape index (κ1) is 21.3. The first-order valence-electron chi connectivity index (χ1n) is 10.6. The molecular formula is C24H21N3O5S. The monoisotopic (exact) mass is 463 g/mol. The summed E-state index contributed by atoms with van der Waals surface area (Å²) in [7, 11) is -3.68. The SMILES string of the molecule is O=C(c1ccc(S(=O)(=O)N2CCc3ccccc3C2)cc1)N1CCc2cc([N+](=O)[O-])ccc21. The third-order valence-corrected chi connectivity index (χ3v) is 8.11. The van der Waals surface area contributed by atoms with Crippen LogP contribution in [0.25, 0.3) is 0 Å². The van der Waals surface area contributed by atoms with Gasteiger partial charge in [0.2, 0.25) is 10.0 Å². The molecule has 0 saturated carbocycles. The maximum Gasteiger partial charge on any atom is 0.269 e. The van der Waals surface area contributed by atoms with Gasteiger partial charge in [0.25, 0.3) is 11.6 Å². The maximum absolute atomic E-state index is 13.2. The zero-order valence-electron chi connectivity index (χ0n) is 17.7. The lowest BCUT2D eigenvalue weighted by atomic mass is 10.0. The minimum atomic E-state index is -3.68. The van der Waals surface area contributed by atoms with E-state index in [0.717, 1.165) is 11.1 Å². The number of anilines is 1. The Kier molecular flexibility index (Phi) is 5.22. The van der Waals surface area contributed by atoms with Gasteiger partial charge in [-0.1, -0.05) is 24.3 Å². The average molecular weight is 464 g/mol. The van der Waals surface area contributed by atoms with Crippen LogP contribution in [0.3, 0.4) is 0 Å². The molecule has 3 aromatic carbocycles. The van der Waals surface area contributed by atoms with Gasteiger partial charge in [0.1, 0.15) is 0 Å². The molecular weight excluding hydrogens is 442 g/mol. The molecule has 0 unspecified atom stereocenters. The third kappa shape index (κ3) is 3.79. The fourth-order valence-electron chi connectivity index (χ4n) is 4.46. The summed E-state index contributed by atoms with van der Waals surface area (Å²) in [5.41, 5.74) is 3.94. The number of nitrogens with zero attached hydrogens (tertiary/aromatic N) is 3. The van der Waals surface area contributed by atoms with Crippen LogP contribution in [0.5, 0.6) is 0 Å². The predicted octanol–water partition coefficient (Wildman–Crippen LogP) is 3.54. The predicted molar refractivity (Wildman–Crippen MR) is 123 cm³/mol. The Hall–Kier alpha value is -3.56. The molecule has 8 nitrogen and oxygen atoms in total. The highest BCUT2D eigenvalue weighted by Crippen LogP contribution is 2.32. The molecule has 0 N–H and O–H groups in total. The molecule has 0 bridgehead atoms. The lowest BCUT2D eigenvalue weighted by Gasteiger charge is -2.28. The molecule has 2 heterocycles. The van der Waals surface area contributed by atoms with Crippen LogP contribution in [-0.2, 0) is 29.4 Å². The van der Waals surface area contributed by atoms with E-state index in [4.69, 9.17) is 0 Å². The number of rotatable bonds is 4. The molecule has 9 heteroatoms. The van der Waals surface area contributed by atoms with Crippen molar-refractivity contribution in [1.29, 1.82) is 0 Å². The van der Waals surface area contributed by atoms with Gasteiger partial charge in [-0.15, -0.1) is 0 Å². The zero-order chi connectivity index (χ0) is 23.2. The molecule has 1 amide bonds. The second kappa shape index (κ2) is 8.09. The highest BCUT2D eigenvalue weighted by molar-refractivity contribution is 7.89. The first-order chi connectivity index (χ1) is 15.8. The Morgan fingerprint density at radius 1 is 0.879 bits per heavy atom. The van der Waals surface area contributed by atoms with Gasteiger partial charge in [0, 0.05) is 43.0 Å². The summed E-state index contributed by atoms with van der Waals surface area (Å²) in [6.45, 7) is 1.16. The molecule has 5 rings (SSSR count). The van der Waals surface area contributed by atoms with Gasteiger partial charge < -0.3 is 4.90 Å². The molecule has 0 saturated heterocycles. The Balaban J connectivity index is 1.35. The Bertz CT molecular complexity index is 1370. The fourth-order valence-corrected chi connectivity index (χ4v) is 5.88. The van der Waals surface area contributed by atoms with E-state index in [-0.39, 0.29) is 16.5 Å². The van der Waals surface area contributed by atoms with Crippen LogP contribution in [0.2, 0.25) is 0 Å². The van der Waals surface area contributed by atoms with Crippen LogP contribution in [0.1, 0.15) is 27.0 Å². The number of non-ortho nitro benzene ring substituents is 1. The van der Waals surface area contributed by atoms with E-state index in [1.807, 2.05) is 24.3 Å². The number of nitro benzene ring substituents is 1. The summed E-state index contributed by atoms with van der Waals surface area (Å²) in [5.74, 6) is -0.265. The summed E-state index contributed by atoms with van der Waals surface area (Å²) < 4.78 is 27.8. The van der Waals surface area contributed by atoms with Crippen LogP contribution >= 0.6 is 0 Å². The lowest BCUT2D eigenvalue weighted by molar-refractivity contribution is -0.384. The molecule has 0 atom stereocenters. The van der Waals surface area contributed by atoms with Crippen molar-refractivity contribution in [2.24, 2.45) is 0 Å². The van der Waals surface area contributed by atoms with Crippen molar-refractivity contribution < 1.29 is 18.1 Å². The van der Waals surface area contributed by atoms with E-state index in [2.05, 4.69) is 0 Å². The van der Waals surface area contributed by atoms with Crippen LogP contribution in [-0.4, -0.2) is 36.6 Å². The van der Waals surface area contributed by atoms with Crippen molar-refractivity contribution in [2.75, 3.05) is 18.0 Å². The largest absolute Gasteiger partial charge is 0.308 e. The number of amides is 1. The van der Waals surface area contributed by atoms with E-state index in [1.165, 1.54) is 46.3 Å². The number of carbonyl (C=O) groups excluding carboxylic acids is 1. The first-order valence-corrected chi connectivity index (χ1v) is 12.0. The second-order valence-corrected chi connectivity index (χ2v) is 10.1. The third-order valence-electron chi connectivity index (χ3n) is 6.25. The van der Waals surface area contributed by atoms with Crippen LogP contribution in [0.15, 0.2) is 71.6 Å². The smallest absolute Gasteiger partial charge is 0.269 e. The molecule has 3 aromatic rings. The van der Waals surface area contributed by atoms with E-state index in [1.54, 1.807) is 11.0 Å². The topological polar surface area (TPSA) is 101 Å². The quantitative estimate of drug-likeness (QED) is 0.435. The summed E-state index contributed by atoms with van der Waals surface area (Å²) >= 11 is 0. The Morgan fingerprint density at radius 3 is 2.30 bits per heavy atom. The number of fused-ring (bicyclic) bond motifs is 2. The number of nitro groups is 1. The Morgan fingerprint density at radius 2 is 1.58 bits per heavy atom. The number of sulfonamides is 1. The van der Waals surface area contributed by atoms with Crippen molar-refractivity contribution >= 4 is 27.3 Å². The fraction of sp³-hybridized carbons (Fsp3) is 0.208. The van der Waals surface area contributed by atoms with Crippen molar-refractivity contribution in [2.45, 2.75) is 24.3 Å². The van der Waals surface area contributed by atoms with Crippen molar-refractivity contribution in [3.05, 3.63) is 99.1 Å². The second-order valence-electron chi connectivity index (χ2n) is 8.16. The summed E-state index contributed by atoms with van der Waals surface area (Å²) in [6, 6.07) is 18.3. The van der Waals surface area contributed by atoms with E-state index in [9.17, 15) is 23.3 Å². The van der Waals surface area contributed by atoms with Gasteiger partial charge >= 0.3 is 0 Å². The molecule has 2 aliphatic heterocycles. The number of benzene rings is 3. The summed E-state index contributed by atoms with van der Waals surface area (Å²) in [6.07, 6.45) is 1.20. The maximum atomic E-state index is 13.2. The molecule has 0 aromatic heterocycles. The van der Waals surface area contributed by atoms with Crippen LogP contribution in [0.4, 0.5) is 11.4 Å². The van der Waals surface area contributed by atoms with Gasteiger partial charge in [-0.2, -0.15) is 4.31 Å². The molecule has 0 fully saturated rings. The van der Waals surface area contributed by atoms with Crippen LogP contribution < -0.4 is 4.90 Å². The lowest BCUT2D eigenvalue weighted by Crippen LogP contribution is -2.36. The van der Waals surface area contributed by atoms with Gasteiger partial charge in [-0.05, 0) is 59.9 Å². The molecule has 33 heavy (non-hydrogen) atoms. The minimum absolute atomic E-state index is 0.00190. The number of hydrogen-bond acceptors (Lipinski definition) is 5. The van der Waals surface area contributed by atoms with Gasteiger partial charge in [0.15, 0.2) is 0 Å². The normalized spacial score (nSPS) is 15.7. The highest BCUT2D eigenvalue weighted by atomic mass is 32.2. The summed E-state index contributed by atoms with van der Waals surface area (Å²) in [5, 5.41) is 11.0. The van der Waals surface area contributed by atoms with Gasteiger partial charge in [0.05, 0.1) is 9.82 Å². The highest BCUT2D eigenvalue weighted by Gasteiger charge is 2.30. The van der Waals surface area contributed by atoms with Crippen molar-refractivity contribution in [1.82, 2.24) is 4.31 Å². The zero-order valence-corrected chi connectivity index (χ0v) is 18.5. The van der Waals surface area contributed by atoms with E-state index < -0.39 is 14.9 Å². The Labute approximate surface area is 191 Å². The van der Waals surface area contributed by atoms with Crippen LogP contribution in [0, 0.1) is 10.1 Å². The molecule has 0 aliphatic carbocycles. The molecule has 0 spiro atoms. The number of carbonyl (C=O) groups is 1. The van der Waals surface area contributed by atoms with Crippen molar-refractivity contribution in [3.8, 4) is 0 Å². The van der Waals surface area contributed by atoms with Crippen molar-refractivity contribution in [3.63, 3.8) is 0 Å².